The quantitative estimate of drug-likeness (QED) is 0.808. The highest BCUT2D eigenvalue weighted by Gasteiger charge is 2.12. The first-order valence-electron chi connectivity index (χ1n) is 5.04. The van der Waals surface area contributed by atoms with Crippen LogP contribution in [0.2, 0.25) is 0 Å². The fourth-order valence-electron chi connectivity index (χ4n) is 1.40. The van der Waals surface area contributed by atoms with Gasteiger partial charge in [-0.2, -0.15) is 0 Å². The predicted octanol–water partition coefficient (Wildman–Crippen LogP) is 2.64. The molecule has 0 aliphatic heterocycles. The Labute approximate surface area is 100 Å². The van der Waals surface area contributed by atoms with Crippen LogP contribution in [0.15, 0.2) is 12.1 Å². The summed E-state index contributed by atoms with van der Waals surface area (Å²) in [5.41, 5.74) is 11.8. The molecule has 0 aliphatic carbocycles. The third-order valence-electron chi connectivity index (χ3n) is 2.52. The molecule has 1 aromatic carbocycles. The second-order valence-corrected chi connectivity index (χ2v) is 3.64. The first-order valence-corrected chi connectivity index (χ1v) is 5.04. The van der Waals surface area contributed by atoms with Crippen molar-refractivity contribution in [3.8, 4) is 0 Å². The predicted molar refractivity (Wildman–Crippen MR) is 64.6 cm³/mol. The van der Waals surface area contributed by atoms with Crippen molar-refractivity contribution in [3.05, 3.63) is 29.3 Å². The van der Waals surface area contributed by atoms with Crippen molar-refractivity contribution in [2.24, 2.45) is 5.73 Å². The molecule has 0 fully saturated rings. The largest absolute Gasteiger partial charge is 0.398 e. The SMILES string of the molecule is CCC(N)CCc1c(N)ccc(F)c1F.Cl. The third kappa shape index (κ3) is 3.61. The van der Waals surface area contributed by atoms with Crippen LogP contribution in [-0.4, -0.2) is 6.04 Å². The summed E-state index contributed by atoms with van der Waals surface area (Å²) in [4.78, 5) is 0. The van der Waals surface area contributed by atoms with Gasteiger partial charge in [-0.15, -0.1) is 12.4 Å². The lowest BCUT2D eigenvalue weighted by Gasteiger charge is -2.11. The van der Waals surface area contributed by atoms with Gasteiger partial charge in [0.25, 0.3) is 0 Å². The molecule has 1 unspecified atom stereocenters. The lowest BCUT2D eigenvalue weighted by atomic mass is 10.0. The van der Waals surface area contributed by atoms with Gasteiger partial charge in [-0.3, -0.25) is 0 Å². The Kier molecular flexibility index (Phi) is 6.29. The summed E-state index contributed by atoms with van der Waals surface area (Å²) < 4.78 is 26.2. The molecule has 0 aromatic heterocycles. The number of anilines is 1. The molecule has 1 atom stereocenters. The summed E-state index contributed by atoms with van der Waals surface area (Å²) in [6.07, 6.45) is 1.81. The van der Waals surface area contributed by atoms with Crippen molar-refractivity contribution in [2.45, 2.75) is 32.2 Å². The molecule has 0 saturated carbocycles. The zero-order valence-electron chi connectivity index (χ0n) is 9.17. The first-order chi connectivity index (χ1) is 7.06. The maximum absolute atomic E-state index is 13.3. The zero-order valence-corrected chi connectivity index (χ0v) is 9.99. The van der Waals surface area contributed by atoms with Crippen LogP contribution in [0.25, 0.3) is 0 Å². The Hall–Kier alpha value is -0.870. The highest BCUT2D eigenvalue weighted by atomic mass is 35.5. The normalized spacial score (nSPS) is 12.0. The van der Waals surface area contributed by atoms with Crippen molar-refractivity contribution in [1.82, 2.24) is 0 Å². The summed E-state index contributed by atoms with van der Waals surface area (Å²) >= 11 is 0. The number of nitrogen functional groups attached to an aromatic ring is 1. The zero-order chi connectivity index (χ0) is 11.4. The molecular formula is C11H17ClF2N2. The van der Waals surface area contributed by atoms with Crippen molar-refractivity contribution in [3.63, 3.8) is 0 Å². The van der Waals surface area contributed by atoms with Crippen LogP contribution in [0.1, 0.15) is 25.3 Å². The number of halogens is 3. The van der Waals surface area contributed by atoms with Gasteiger partial charge in [0.05, 0.1) is 0 Å². The lowest BCUT2D eigenvalue weighted by molar-refractivity contribution is 0.493. The van der Waals surface area contributed by atoms with Gasteiger partial charge in [0, 0.05) is 17.3 Å². The van der Waals surface area contributed by atoms with Crippen LogP contribution < -0.4 is 11.5 Å². The van der Waals surface area contributed by atoms with Crippen LogP contribution >= 0.6 is 12.4 Å². The van der Waals surface area contributed by atoms with E-state index in [4.69, 9.17) is 11.5 Å². The van der Waals surface area contributed by atoms with E-state index >= 15 is 0 Å². The molecule has 92 valence electrons. The average Bonchev–Trinajstić information content (AvgIpc) is 2.23. The van der Waals surface area contributed by atoms with Gasteiger partial charge in [-0.1, -0.05) is 6.92 Å². The van der Waals surface area contributed by atoms with Gasteiger partial charge in [0.15, 0.2) is 11.6 Å². The summed E-state index contributed by atoms with van der Waals surface area (Å²) in [7, 11) is 0. The smallest absolute Gasteiger partial charge is 0.164 e. The minimum Gasteiger partial charge on any atom is -0.398 e. The molecule has 0 saturated heterocycles. The molecule has 0 radical (unpaired) electrons. The number of benzene rings is 1. The van der Waals surface area contributed by atoms with Crippen LogP contribution in [0.5, 0.6) is 0 Å². The van der Waals surface area contributed by atoms with E-state index in [2.05, 4.69) is 0 Å². The third-order valence-corrected chi connectivity index (χ3v) is 2.52. The molecule has 0 heterocycles. The second-order valence-electron chi connectivity index (χ2n) is 3.64. The molecule has 0 spiro atoms. The monoisotopic (exact) mass is 250 g/mol. The Morgan fingerprint density at radius 2 is 1.94 bits per heavy atom. The van der Waals surface area contributed by atoms with E-state index in [1.54, 1.807) is 0 Å². The van der Waals surface area contributed by atoms with Crippen LogP contribution in [-0.2, 0) is 6.42 Å². The van der Waals surface area contributed by atoms with Crippen molar-refractivity contribution in [1.29, 1.82) is 0 Å². The Morgan fingerprint density at radius 1 is 1.31 bits per heavy atom. The summed E-state index contributed by atoms with van der Waals surface area (Å²) in [6.45, 7) is 1.95. The van der Waals surface area contributed by atoms with E-state index in [1.165, 1.54) is 6.07 Å². The van der Waals surface area contributed by atoms with E-state index in [9.17, 15) is 8.78 Å². The summed E-state index contributed by atoms with van der Waals surface area (Å²) in [5.74, 6) is -1.71. The standard InChI is InChI=1S/C11H16F2N2.ClH/c1-2-7(14)3-4-8-10(15)6-5-9(12)11(8)13;/h5-7H,2-4,14-15H2,1H3;1H. The molecule has 0 bridgehead atoms. The van der Waals surface area contributed by atoms with Crippen LogP contribution in [0.4, 0.5) is 14.5 Å². The van der Waals surface area contributed by atoms with Gasteiger partial charge in [-0.25, -0.2) is 8.78 Å². The van der Waals surface area contributed by atoms with E-state index < -0.39 is 11.6 Å². The van der Waals surface area contributed by atoms with Gasteiger partial charge in [-0.05, 0) is 31.4 Å². The molecule has 0 aliphatic rings. The van der Waals surface area contributed by atoms with Gasteiger partial charge in [0.2, 0.25) is 0 Å². The lowest BCUT2D eigenvalue weighted by Crippen LogP contribution is -2.19. The highest BCUT2D eigenvalue weighted by molar-refractivity contribution is 5.85. The first kappa shape index (κ1) is 15.1. The van der Waals surface area contributed by atoms with Gasteiger partial charge < -0.3 is 11.5 Å². The Bertz CT molecular complexity index is 345. The maximum Gasteiger partial charge on any atom is 0.164 e. The van der Waals surface area contributed by atoms with E-state index in [0.717, 1.165) is 12.5 Å². The van der Waals surface area contributed by atoms with E-state index in [0.29, 0.717) is 12.8 Å². The molecule has 4 N–H and O–H groups in total. The number of rotatable bonds is 4. The van der Waals surface area contributed by atoms with Crippen molar-refractivity contribution >= 4 is 18.1 Å². The van der Waals surface area contributed by atoms with Gasteiger partial charge in [0.1, 0.15) is 0 Å². The molecule has 1 aromatic rings. The molecule has 0 amide bonds. The van der Waals surface area contributed by atoms with E-state index in [1.807, 2.05) is 6.92 Å². The second kappa shape index (κ2) is 6.66. The Morgan fingerprint density at radius 3 is 2.50 bits per heavy atom. The minimum absolute atomic E-state index is 0. The van der Waals surface area contributed by atoms with Crippen molar-refractivity contribution < 1.29 is 8.78 Å². The van der Waals surface area contributed by atoms with Crippen LogP contribution in [0.3, 0.4) is 0 Å². The minimum atomic E-state index is -0.857. The average molecular weight is 251 g/mol. The van der Waals surface area contributed by atoms with Gasteiger partial charge >= 0.3 is 0 Å². The maximum atomic E-state index is 13.3. The molecule has 2 nitrogen and oxygen atoms in total. The molecule has 16 heavy (non-hydrogen) atoms. The Balaban J connectivity index is 0.00000225. The molecule has 1 rings (SSSR count). The van der Waals surface area contributed by atoms with Crippen molar-refractivity contribution in [2.75, 3.05) is 5.73 Å². The number of hydrogen-bond acceptors (Lipinski definition) is 2. The van der Waals surface area contributed by atoms with Crippen LogP contribution in [0, 0.1) is 11.6 Å². The summed E-state index contributed by atoms with van der Waals surface area (Å²) in [5, 5.41) is 0. The number of hydrogen-bond donors (Lipinski definition) is 2. The highest BCUT2D eigenvalue weighted by Crippen LogP contribution is 2.20. The summed E-state index contributed by atoms with van der Waals surface area (Å²) in [6, 6.07) is 2.42. The number of nitrogens with two attached hydrogens (primary N) is 2. The topological polar surface area (TPSA) is 52.0 Å². The fraction of sp³-hybridized carbons (Fsp3) is 0.455. The fourth-order valence-corrected chi connectivity index (χ4v) is 1.40. The molecular weight excluding hydrogens is 234 g/mol. The van der Waals surface area contributed by atoms with E-state index in [-0.39, 0.29) is 29.7 Å². The molecule has 5 heteroatoms.